The van der Waals surface area contributed by atoms with E-state index in [1.165, 1.54) is 4.90 Å². The van der Waals surface area contributed by atoms with Crippen LogP contribution in [0.3, 0.4) is 0 Å². The molecule has 1 aliphatic rings. The number of aromatic nitrogens is 5. The average Bonchev–Trinajstić information content (AvgIpc) is 3.64. The largest absolute Gasteiger partial charge is 0.448 e. The monoisotopic (exact) mass is 683 g/mol. The van der Waals surface area contributed by atoms with Crippen LogP contribution in [0.1, 0.15) is 33.8 Å². The fraction of sp³-hybridized carbons (Fsp3) is 0.216. The number of benzene rings is 2. The van der Waals surface area contributed by atoms with Gasteiger partial charge in [-0.05, 0) is 61.2 Å². The first-order chi connectivity index (χ1) is 24.5. The van der Waals surface area contributed by atoms with Crippen LogP contribution in [0, 0.1) is 25.7 Å². The number of hydrogen-bond donors (Lipinski definition) is 2. The van der Waals surface area contributed by atoms with Gasteiger partial charge >= 0.3 is 11.7 Å². The second-order valence-corrected chi connectivity index (χ2v) is 12.3. The van der Waals surface area contributed by atoms with Gasteiger partial charge in [0.05, 0.1) is 41.3 Å². The van der Waals surface area contributed by atoms with E-state index in [0.29, 0.717) is 39.4 Å². The number of fused-ring (bicyclic) bond motifs is 2. The number of furan rings is 1. The molecule has 4 aromatic heterocycles. The lowest BCUT2D eigenvalue weighted by Gasteiger charge is -2.26. The third kappa shape index (κ3) is 6.05. The lowest BCUT2D eigenvalue weighted by molar-refractivity contribution is -0.120. The Bertz CT molecular complexity index is 2520. The van der Waals surface area contributed by atoms with Crippen molar-refractivity contribution in [2.24, 2.45) is 14.1 Å². The number of carbonyl (C=O) groups excluding carboxylic acids is 3. The highest BCUT2D eigenvalue weighted by Gasteiger charge is 2.26. The second kappa shape index (κ2) is 12.9. The molecule has 0 saturated carbocycles. The molecule has 51 heavy (non-hydrogen) atoms. The molecular formula is C37H33N9O5. The van der Waals surface area contributed by atoms with Crippen molar-refractivity contribution >= 4 is 56.9 Å². The lowest BCUT2D eigenvalue weighted by Crippen LogP contribution is -2.49. The molecule has 2 aromatic carbocycles. The minimum Gasteiger partial charge on any atom is -0.448 e. The van der Waals surface area contributed by atoms with Crippen LogP contribution in [-0.4, -0.2) is 62.1 Å². The molecule has 4 amide bonds. The molecule has 0 aliphatic carbocycles. The van der Waals surface area contributed by atoms with E-state index in [4.69, 9.17) is 4.42 Å². The molecule has 5 heterocycles. The van der Waals surface area contributed by atoms with Crippen molar-refractivity contribution in [2.45, 2.75) is 20.3 Å². The summed E-state index contributed by atoms with van der Waals surface area (Å²) in [5, 5.41) is 5.79. The number of imidazole rings is 1. The van der Waals surface area contributed by atoms with Crippen LogP contribution in [0.25, 0.3) is 33.4 Å². The van der Waals surface area contributed by atoms with E-state index in [9.17, 15) is 19.2 Å². The van der Waals surface area contributed by atoms with Crippen LogP contribution in [0.2, 0.25) is 0 Å². The number of urea groups is 1. The number of imide groups is 1. The van der Waals surface area contributed by atoms with Crippen molar-refractivity contribution < 1.29 is 18.8 Å². The van der Waals surface area contributed by atoms with Crippen LogP contribution < -0.4 is 26.1 Å². The predicted molar refractivity (Wildman–Crippen MR) is 192 cm³/mol. The first kappa shape index (κ1) is 32.8. The molecule has 6 aromatic rings. The van der Waals surface area contributed by atoms with Crippen molar-refractivity contribution in [2.75, 3.05) is 29.9 Å². The van der Waals surface area contributed by atoms with Crippen molar-refractivity contribution in [1.82, 2.24) is 34.7 Å². The summed E-state index contributed by atoms with van der Waals surface area (Å²) in [6.45, 7) is 4.09. The molecule has 7 rings (SSSR count). The highest BCUT2D eigenvalue weighted by atomic mass is 16.3. The number of hydrogen-bond acceptors (Lipinski definition) is 9. The third-order valence-electron chi connectivity index (χ3n) is 8.93. The number of nitrogens with zero attached hydrogens (tertiary/aromatic N) is 7. The number of amides is 4. The highest BCUT2D eigenvalue weighted by Crippen LogP contribution is 2.31. The quantitative estimate of drug-likeness (QED) is 0.247. The van der Waals surface area contributed by atoms with Crippen LogP contribution in [0.4, 0.5) is 21.9 Å². The van der Waals surface area contributed by atoms with Crippen LogP contribution in [0.15, 0.2) is 70.3 Å². The molecule has 14 nitrogen and oxygen atoms in total. The van der Waals surface area contributed by atoms with Gasteiger partial charge in [0.2, 0.25) is 5.91 Å². The Morgan fingerprint density at radius 1 is 0.980 bits per heavy atom. The van der Waals surface area contributed by atoms with Crippen LogP contribution >= 0.6 is 0 Å². The molecule has 0 bridgehead atoms. The van der Waals surface area contributed by atoms with Gasteiger partial charge in [-0.15, -0.1) is 0 Å². The Morgan fingerprint density at radius 2 is 1.76 bits per heavy atom. The Morgan fingerprint density at radius 3 is 2.51 bits per heavy atom. The zero-order valence-corrected chi connectivity index (χ0v) is 28.6. The number of carbonyl (C=O) groups is 3. The molecule has 14 heteroatoms. The maximum Gasteiger partial charge on any atom is 0.328 e. The standard InChI is InChI=1S/C37H33N9O5/c1-21-14-23(34-40-19-25(20-41-34)43(3)24-15-22(2)33-29(16-24)44(4)37(50)45(33)5)18-39-32(21)35(48)38-12-7-8-26-17-27-28(9-6-10-30(27)51-26)46-13-11-31(47)42-36(46)49/h6,9-10,14-20H,11-13H2,1-5H3,(H,38,48)(H,42,47,49). The molecule has 1 aliphatic heterocycles. The SMILES string of the molecule is Cc1cc(-c2ncc(N(C)c3cc(C)c4c(c3)n(C)c(=O)n4C)cn2)cnc1C(=O)NCC#Cc1cc2c(N3CCC(=O)NC3=O)cccc2o1. The van der Waals surface area contributed by atoms with Gasteiger partial charge in [-0.1, -0.05) is 12.0 Å². The van der Waals surface area contributed by atoms with Gasteiger partial charge in [0.15, 0.2) is 11.6 Å². The van der Waals surface area contributed by atoms with E-state index >= 15 is 0 Å². The number of aryl methyl sites for hydroxylation is 4. The van der Waals surface area contributed by atoms with Crippen molar-refractivity contribution in [3.63, 3.8) is 0 Å². The van der Waals surface area contributed by atoms with Gasteiger partial charge in [0, 0.05) is 63.0 Å². The zero-order valence-electron chi connectivity index (χ0n) is 28.6. The maximum absolute atomic E-state index is 13.0. The van der Waals surface area contributed by atoms with Crippen LogP contribution in [-0.2, 0) is 18.9 Å². The van der Waals surface area contributed by atoms with E-state index in [-0.39, 0.29) is 42.7 Å². The van der Waals surface area contributed by atoms with Crippen LogP contribution in [0.5, 0.6) is 0 Å². The summed E-state index contributed by atoms with van der Waals surface area (Å²) in [4.78, 5) is 66.3. The normalized spacial score (nSPS) is 12.9. The van der Waals surface area contributed by atoms with E-state index in [1.807, 2.05) is 37.1 Å². The Balaban J connectivity index is 1.00. The van der Waals surface area contributed by atoms with E-state index in [1.54, 1.807) is 73.0 Å². The van der Waals surface area contributed by atoms with Gasteiger partial charge in [0.25, 0.3) is 5.91 Å². The molecule has 1 fully saturated rings. The number of nitrogens with one attached hydrogen (secondary N) is 2. The van der Waals surface area contributed by atoms with E-state index in [2.05, 4.69) is 37.4 Å². The van der Waals surface area contributed by atoms with Gasteiger partial charge in [-0.3, -0.25) is 33.9 Å². The maximum atomic E-state index is 13.0. The van der Waals surface area contributed by atoms with Gasteiger partial charge in [-0.2, -0.15) is 0 Å². The first-order valence-corrected chi connectivity index (χ1v) is 16.1. The fourth-order valence-electron chi connectivity index (χ4n) is 6.26. The van der Waals surface area contributed by atoms with Gasteiger partial charge in [0.1, 0.15) is 11.3 Å². The minimum atomic E-state index is -0.482. The zero-order chi connectivity index (χ0) is 36.0. The molecule has 2 N–H and O–H groups in total. The minimum absolute atomic E-state index is 0.0490. The third-order valence-corrected chi connectivity index (χ3v) is 8.93. The smallest absolute Gasteiger partial charge is 0.328 e. The molecule has 0 spiro atoms. The van der Waals surface area contributed by atoms with E-state index < -0.39 is 6.03 Å². The summed E-state index contributed by atoms with van der Waals surface area (Å²) in [7, 11) is 5.45. The topological polar surface area (TPSA) is 160 Å². The van der Waals surface area contributed by atoms with Gasteiger partial charge in [-0.25, -0.2) is 19.6 Å². The number of anilines is 3. The summed E-state index contributed by atoms with van der Waals surface area (Å²) < 4.78 is 9.13. The predicted octanol–water partition coefficient (Wildman–Crippen LogP) is 4.09. The molecule has 1 saturated heterocycles. The summed E-state index contributed by atoms with van der Waals surface area (Å²) in [6.07, 6.45) is 5.21. The fourth-order valence-corrected chi connectivity index (χ4v) is 6.26. The number of rotatable bonds is 6. The number of pyridine rings is 1. The molecule has 0 atom stereocenters. The highest BCUT2D eigenvalue weighted by molar-refractivity contribution is 6.09. The average molecular weight is 684 g/mol. The van der Waals surface area contributed by atoms with Crippen molar-refractivity contribution in [1.29, 1.82) is 0 Å². The first-order valence-electron chi connectivity index (χ1n) is 16.1. The van der Waals surface area contributed by atoms with E-state index in [0.717, 1.165) is 28.0 Å². The molecular weight excluding hydrogens is 650 g/mol. The summed E-state index contributed by atoms with van der Waals surface area (Å²) >= 11 is 0. The lowest BCUT2D eigenvalue weighted by atomic mass is 10.1. The molecule has 0 unspecified atom stereocenters. The summed E-state index contributed by atoms with van der Waals surface area (Å²) in [6, 6.07) is 12.4. The molecule has 256 valence electrons. The Labute approximate surface area is 291 Å². The molecule has 0 radical (unpaired) electrons. The van der Waals surface area contributed by atoms with Crippen molar-refractivity contribution in [3.05, 3.63) is 94.1 Å². The summed E-state index contributed by atoms with van der Waals surface area (Å²) in [5.74, 6) is 5.95. The second-order valence-electron chi connectivity index (χ2n) is 12.3. The van der Waals surface area contributed by atoms with Gasteiger partial charge < -0.3 is 14.6 Å². The van der Waals surface area contributed by atoms with Crippen molar-refractivity contribution in [3.8, 4) is 23.2 Å². The Hall–Kier alpha value is -6.75. The summed E-state index contributed by atoms with van der Waals surface area (Å²) in [5.41, 5.74) is 7.01. The Kier molecular flexibility index (Phi) is 8.32.